The van der Waals surface area contributed by atoms with E-state index in [0.29, 0.717) is 40.2 Å². The molecule has 1 heterocycles. The van der Waals surface area contributed by atoms with Gasteiger partial charge in [0.05, 0.1) is 21.4 Å². The van der Waals surface area contributed by atoms with Crippen LogP contribution in [0.2, 0.25) is 10.0 Å². The van der Waals surface area contributed by atoms with Gasteiger partial charge in [0.15, 0.2) is 0 Å². The van der Waals surface area contributed by atoms with Crippen LogP contribution in [0.5, 0.6) is 0 Å². The Kier molecular flexibility index (Phi) is 6.80. The summed E-state index contributed by atoms with van der Waals surface area (Å²) in [5.41, 5.74) is 10.0. The molecule has 0 spiro atoms. The Balaban J connectivity index is 1.21. The summed E-state index contributed by atoms with van der Waals surface area (Å²) in [7, 11) is 0. The molecule has 1 aromatic heterocycles. The topological polar surface area (TPSA) is 85.0 Å². The van der Waals surface area contributed by atoms with Crippen molar-refractivity contribution in [3.8, 4) is 16.9 Å². The molecule has 8 heteroatoms. The van der Waals surface area contributed by atoms with Crippen LogP contribution in [-0.2, 0) is 0 Å². The molecule has 4 aromatic carbocycles. The van der Waals surface area contributed by atoms with Gasteiger partial charge in [-0.15, -0.1) is 0 Å². The van der Waals surface area contributed by atoms with Gasteiger partial charge in [-0.05, 0) is 47.9 Å². The van der Waals surface area contributed by atoms with E-state index in [0.717, 1.165) is 22.3 Å². The number of fused-ring (bicyclic) bond motifs is 1. The van der Waals surface area contributed by atoms with Gasteiger partial charge < -0.3 is 16.4 Å². The number of carbonyl (C=O) groups excluding carboxylic acids is 1. The summed E-state index contributed by atoms with van der Waals surface area (Å²) in [6, 6.07) is 28.5. The van der Waals surface area contributed by atoms with Gasteiger partial charge in [-0.25, -0.2) is 4.68 Å². The maximum Gasteiger partial charge on any atom is 0.251 e. The Morgan fingerprint density at radius 1 is 0.861 bits per heavy atom. The molecule has 0 saturated carbocycles. The first-order chi connectivity index (χ1) is 17.5. The van der Waals surface area contributed by atoms with Crippen molar-refractivity contribution in [1.29, 1.82) is 0 Å². The molecule has 4 N–H and O–H groups in total. The summed E-state index contributed by atoms with van der Waals surface area (Å²) >= 11 is 12.1. The minimum absolute atomic E-state index is 0.147. The quantitative estimate of drug-likeness (QED) is 0.218. The Hall–Kier alpha value is -4.00. The van der Waals surface area contributed by atoms with Crippen LogP contribution in [0.1, 0.15) is 10.4 Å². The molecule has 0 aliphatic heterocycles. The minimum atomic E-state index is -0.147. The molecule has 0 aliphatic rings. The van der Waals surface area contributed by atoms with Gasteiger partial charge in [0.25, 0.3) is 5.91 Å². The number of benzene rings is 4. The Morgan fingerprint density at radius 3 is 2.44 bits per heavy atom. The van der Waals surface area contributed by atoms with Crippen LogP contribution in [0.15, 0.2) is 91.0 Å². The van der Waals surface area contributed by atoms with Crippen molar-refractivity contribution in [3.05, 3.63) is 107 Å². The van der Waals surface area contributed by atoms with E-state index in [4.69, 9.17) is 28.9 Å². The number of nitrogens with one attached hydrogen (secondary N) is 2. The number of anilines is 2. The third kappa shape index (κ3) is 5.00. The number of rotatable bonds is 7. The van der Waals surface area contributed by atoms with Crippen molar-refractivity contribution < 1.29 is 4.79 Å². The van der Waals surface area contributed by atoms with E-state index in [1.165, 1.54) is 5.39 Å². The number of nitrogens with zero attached hydrogens (tertiary/aromatic N) is 2. The maximum atomic E-state index is 12.6. The summed E-state index contributed by atoms with van der Waals surface area (Å²) < 4.78 is 1.62. The molecule has 0 unspecified atom stereocenters. The molecule has 0 aliphatic carbocycles. The molecular weight excluding hydrogens is 493 g/mol. The first-order valence-electron chi connectivity index (χ1n) is 11.4. The number of hydrogen-bond donors (Lipinski definition) is 3. The lowest BCUT2D eigenvalue weighted by Crippen LogP contribution is -2.28. The van der Waals surface area contributed by atoms with Gasteiger partial charge in [-0.1, -0.05) is 65.7 Å². The molecular formula is C28H23Cl2N5O. The molecule has 6 nitrogen and oxygen atoms in total. The van der Waals surface area contributed by atoms with Crippen molar-refractivity contribution >= 4 is 51.4 Å². The second kappa shape index (κ2) is 10.3. The highest BCUT2D eigenvalue weighted by atomic mass is 35.5. The highest BCUT2D eigenvalue weighted by Crippen LogP contribution is 2.29. The molecule has 0 bridgehead atoms. The van der Waals surface area contributed by atoms with E-state index < -0.39 is 0 Å². The zero-order chi connectivity index (χ0) is 25.1. The van der Waals surface area contributed by atoms with E-state index in [-0.39, 0.29) is 5.91 Å². The number of nitrogen functional groups attached to an aromatic ring is 1. The maximum absolute atomic E-state index is 12.6. The highest BCUT2D eigenvalue weighted by molar-refractivity contribution is 6.42. The number of amides is 1. The second-order valence-electron chi connectivity index (χ2n) is 8.25. The molecule has 0 atom stereocenters. The predicted octanol–water partition coefficient (Wildman–Crippen LogP) is 6.42. The Morgan fingerprint density at radius 2 is 1.64 bits per heavy atom. The normalized spacial score (nSPS) is 10.9. The van der Waals surface area contributed by atoms with Crippen molar-refractivity contribution in [2.24, 2.45) is 0 Å². The molecule has 0 radical (unpaired) electrons. The summed E-state index contributed by atoms with van der Waals surface area (Å²) in [6.07, 6.45) is 0. The van der Waals surface area contributed by atoms with Crippen molar-refractivity contribution in [3.63, 3.8) is 0 Å². The van der Waals surface area contributed by atoms with E-state index in [1.54, 1.807) is 35.0 Å². The smallest absolute Gasteiger partial charge is 0.251 e. The lowest BCUT2D eigenvalue weighted by Gasteiger charge is -2.11. The third-order valence-electron chi connectivity index (χ3n) is 5.84. The monoisotopic (exact) mass is 515 g/mol. The fourth-order valence-electron chi connectivity index (χ4n) is 4.01. The molecule has 5 rings (SSSR count). The van der Waals surface area contributed by atoms with Crippen LogP contribution in [0.3, 0.4) is 0 Å². The lowest BCUT2D eigenvalue weighted by atomic mass is 10.1. The molecule has 5 aromatic rings. The van der Waals surface area contributed by atoms with Crippen LogP contribution >= 0.6 is 23.2 Å². The fourth-order valence-corrected chi connectivity index (χ4v) is 4.31. The largest absolute Gasteiger partial charge is 0.384 e. The highest BCUT2D eigenvalue weighted by Gasteiger charge is 2.12. The van der Waals surface area contributed by atoms with E-state index in [1.807, 2.05) is 42.5 Å². The standard InChI is InChI=1S/C28H23Cl2N5O/c29-23-13-10-20(16-24(23)30)26-17-27(31)35(34-26)21-11-8-19(9-12-21)28(36)33-15-14-32-25-7-3-5-18-4-1-2-6-22(18)25/h1-13,16-17,32H,14-15,31H2,(H,33,36). The van der Waals surface area contributed by atoms with Gasteiger partial charge >= 0.3 is 0 Å². The summed E-state index contributed by atoms with van der Waals surface area (Å²) in [5.74, 6) is 0.319. The van der Waals surface area contributed by atoms with Crippen LogP contribution in [0.4, 0.5) is 11.5 Å². The van der Waals surface area contributed by atoms with Gasteiger partial charge in [0, 0.05) is 41.4 Å². The molecule has 36 heavy (non-hydrogen) atoms. The predicted molar refractivity (Wildman–Crippen MR) is 148 cm³/mol. The number of hydrogen-bond acceptors (Lipinski definition) is 4. The van der Waals surface area contributed by atoms with E-state index >= 15 is 0 Å². The van der Waals surface area contributed by atoms with Gasteiger partial charge in [0.1, 0.15) is 5.82 Å². The first-order valence-corrected chi connectivity index (χ1v) is 12.2. The summed E-state index contributed by atoms with van der Waals surface area (Å²) in [6.45, 7) is 1.10. The summed E-state index contributed by atoms with van der Waals surface area (Å²) in [4.78, 5) is 12.6. The average molecular weight is 516 g/mol. The lowest BCUT2D eigenvalue weighted by molar-refractivity contribution is 0.0955. The van der Waals surface area contributed by atoms with Crippen molar-refractivity contribution in [1.82, 2.24) is 15.1 Å². The van der Waals surface area contributed by atoms with E-state index in [9.17, 15) is 4.79 Å². The SMILES string of the molecule is Nc1cc(-c2ccc(Cl)c(Cl)c2)nn1-c1ccc(C(=O)NCCNc2cccc3ccccc23)cc1. The van der Waals surface area contributed by atoms with Gasteiger partial charge in [-0.3, -0.25) is 4.79 Å². The van der Waals surface area contributed by atoms with Crippen LogP contribution < -0.4 is 16.4 Å². The third-order valence-corrected chi connectivity index (χ3v) is 6.58. The molecule has 180 valence electrons. The number of carbonyl (C=O) groups is 1. The molecule has 0 saturated heterocycles. The molecule has 0 fully saturated rings. The number of nitrogens with two attached hydrogens (primary N) is 1. The van der Waals surface area contributed by atoms with Crippen molar-refractivity contribution in [2.45, 2.75) is 0 Å². The Labute approximate surface area is 218 Å². The van der Waals surface area contributed by atoms with E-state index in [2.05, 4.69) is 33.9 Å². The number of aromatic nitrogens is 2. The Bertz CT molecular complexity index is 1540. The number of halogens is 2. The summed E-state index contributed by atoms with van der Waals surface area (Å²) in [5, 5.41) is 14.2. The van der Waals surface area contributed by atoms with Crippen molar-refractivity contribution in [2.75, 3.05) is 24.1 Å². The van der Waals surface area contributed by atoms with Gasteiger partial charge in [-0.2, -0.15) is 5.10 Å². The van der Waals surface area contributed by atoms with Gasteiger partial charge in [0.2, 0.25) is 0 Å². The average Bonchev–Trinajstić information content (AvgIpc) is 3.29. The second-order valence-corrected chi connectivity index (χ2v) is 9.07. The van der Waals surface area contributed by atoms with Crippen LogP contribution in [-0.4, -0.2) is 28.8 Å². The zero-order valence-corrected chi connectivity index (χ0v) is 20.7. The van der Waals surface area contributed by atoms with Crippen LogP contribution in [0.25, 0.3) is 27.7 Å². The van der Waals surface area contributed by atoms with Crippen LogP contribution in [0, 0.1) is 0 Å². The minimum Gasteiger partial charge on any atom is -0.384 e. The first kappa shape index (κ1) is 23.7. The molecule has 1 amide bonds. The fraction of sp³-hybridized carbons (Fsp3) is 0.0714. The zero-order valence-electron chi connectivity index (χ0n) is 19.2.